The van der Waals surface area contributed by atoms with E-state index in [1.54, 1.807) is 12.1 Å². The first-order valence-corrected chi connectivity index (χ1v) is 6.52. The second kappa shape index (κ2) is 6.03. The number of hydrogen-bond acceptors (Lipinski definition) is 5. The van der Waals surface area contributed by atoms with E-state index in [4.69, 9.17) is 21.2 Å². The maximum atomic E-state index is 13.6. The zero-order chi connectivity index (χ0) is 13.8. The van der Waals surface area contributed by atoms with E-state index >= 15 is 0 Å². The van der Waals surface area contributed by atoms with Crippen molar-refractivity contribution in [1.29, 1.82) is 0 Å². The van der Waals surface area contributed by atoms with Crippen LogP contribution in [0.25, 0.3) is 0 Å². The lowest BCUT2D eigenvalue weighted by Crippen LogP contribution is -1.98. The number of aromatic nitrogens is 2. The Morgan fingerprint density at radius 3 is 3.05 bits per heavy atom. The number of nitrogens with zero attached hydrogens (tertiary/aromatic N) is 2. The van der Waals surface area contributed by atoms with Crippen LogP contribution < -0.4 is 0 Å². The Bertz CT molecular complexity index is 605. The van der Waals surface area contributed by atoms with Crippen LogP contribution in [0.4, 0.5) is 4.39 Å². The van der Waals surface area contributed by atoms with E-state index in [0.29, 0.717) is 5.56 Å². The lowest BCUT2D eigenvalue weighted by atomic mass is 10.1. The van der Waals surface area contributed by atoms with Gasteiger partial charge in [-0.1, -0.05) is 40.7 Å². The molecule has 0 saturated heterocycles. The van der Waals surface area contributed by atoms with Gasteiger partial charge in [-0.2, -0.15) is 4.98 Å². The highest BCUT2D eigenvalue weighted by atomic mass is 35.5. The SMILES string of the molecule is O=C(O)CSc1nc(Cc2cccc(Cl)c2F)no1. The molecule has 5 nitrogen and oxygen atoms in total. The van der Waals surface area contributed by atoms with Gasteiger partial charge in [-0.05, 0) is 11.6 Å². The minimum absolute atomic E-state index is 0.0291. The van der Waals surface area contributed by atoms with Crippen molar-refractivity contribution in [2.75, 3.05) is 5.75 Å². The summed E-state index contributed by atoms with van der Waals surface area (Å²) in [5, 5.41) is 12.3. The molecule has 1 aromatic heterocycles. The molecule has 0 aliphatic carbocycles. The molecular weight excluding hydrogens is 295 g/mol. The fourth-order valence-electron chi connectivity index (χ4n) is 1.35. The summed E-state index contributed by atoms with van der Waals surface area (Å²) in [7, 11) is 0. The highest BCUT2D eigenvalue weighted by Crippen LogP contribution is 2.21. The fraction of sp³-hybridized carbons (Fsp3) is 0.182. The summed E-state index contributed by atoms with van der Waals surface area (Å²) in [5.74, 6) is -1.40. The summed E-state index contributed by atoms with van der Waals surface area (Å²) in [6, 6.07) is 4.65. The third-order valence-electron chi connectivity index (χ3n) is 2.15. The first-order chi connectivity index (χ1) is 9.06. The molecule has 8 heteroatoms. The molecule has 0 saturated carbocycles. The Labute approximate surface area is 116 Å². The van der Waals surface area contributed by atoms with Crippen molar-refractivity contribution < 1.29 is 18.8 Å². The van der Waals surface area contributed by atoms with Crippen LogP contribution in [0.3, 0.4) is 0 Å². The minimum atomic E-state index is -0.981. The maximum absolute atomic E-state index is 13.6. The van der Waals surface area contributed by atoms with Gasteiger partial charge in [0.05, 0.1) is 5.02 Å². The Morgan fingerprint density at radius 1 is 1.53 bits per heavy atom. The van der Waals surface area contributed by atoms with Crippen molar-refractivity contribution in [3.63, 3.8) is 0 Å². The zero-order valence-corrected chi connectivity index (χ0v) is 11.0. The number of carboxylic acid groups (broad SMARTS) is 1. The van der Waals surface area contributed by atoms with Gasteiger partial charge in [0.15, 0.2) is 5.82 Å². The molecule has 1 aromatic carbocycles. The number of rotatable bonds is 5. The van der Waals surface area contributed by atoms with E-state index in [1.807, 2.05) is 0 Å². The number of thioether (sulfide) groups is 1. The molecule has 0 amide bonds. The van der Waals surface area contributed by atoms with Crippen molar-refractivity contribution in [1.82, 2.24) is 10.1 Å². The average molecular weight is 303 g/mol. The van der Waals surface area contributed by atoms with Gasteiger partial charge in [0.1, 0.15) is 11.6 Å². The smallest absolute Gasteiger partial charge is 0.314 e. The third kappa shape index (κ3) is 3.68. The molecule has 100 valence electrons. The molecule has 0 aliphatic rings. The number of carbonyl (C=O) groups is 1. The van der Waals surface area contributed by atoms with Gasteiger partial charge >= 0.3 is 5.97 Å². The first kappa shape index (κ1) is 13.8. The van der Waals surface area contributed by atoms with E-state index in [-0.39, 0.29) is 28.2 Å². The first-order valence-electron chi connectivity index (χ1n) is 5.16. The number of aliphatic carboxylic acids is 1. The van der Waals surface area contributed by atoms with Crippen molar-refractivity contribution in [3.8, 4) is 0 Å². The van der Waals surface area contributed by atoms with E-state index in [9.17, 15) is 9.18 Å². The largest absolute Gasteiger partial charge is 0.481 e. The Balaban J connectivity index is 2.07. The molecule has 0 unspecified atom stereocenters. The van der Waals surface area contributed by atoms with E-state index in [0.717, 1.165) is 11.8 Å². The summed E-state index contributed by atoms with van der Waals surface area (Å²) >= 11 is 6.57. The maximum Gasteiger partial charge on any atom is 0.314 e. The van der Waals surface area contributed by atoms with Crippen LogP contribution in [-0.4, -0.2) is 27.0 Å². The number of benzene rings is 1. The molecule has 0 atom stereocenters. The summed E-state index contributed by atoms with van der Waals surface area (Å²) < 4.78 is 18.5. The van der Waals surface area contributed by atoms with E-state index in [1.165, 1.54) is 6.07 Å². The van der Waals surface area contributed by atoms with Crippen LogP contribution in [0.15, 0.2) is 27.9 Å². The Kier molecular flexibility index (Phi) is 4.39. The molecule has 0 radical (unpaired) electrons. The van der Waals surface area contributed by atoms with Crippen molar-refractivity contribution in [2.45, 2.75) is 11.6 Å². The summed E-state index contributed by atoms with van der Waals surface area (Å²) in [4.78, 5) is 14.3. The standard InChI is InChI=1S/C11H8ClFN2O3S/c12-7-3-1-2-6(10(7)13)4-8-14-11(18-15-8)19-5-9(16)17/h1-3H,4-5H2,(H,16,17). The number of hydrogen-bond donors (Lipinski definition) is 1. The van der Waals surface area contributed by atoms with Crippen molar-refractivity contribution in [2.24, 2.45) is 0 Å². The molecule has 19 heavy (non-hydrogen) atoms. The fourth-order valence-corrected chi connectivity index (χ4v) is 2.05. The van der Waals surface area contributed by atoms with E-state index < -0.39 is 11.8 Å². The van der Waals surface area contributed by atoms with E-state index in [2.05, 4.69) is 10.1 Å². The van der Waals surface area contributed by atoms with Crippen LogP contribution >= 0.6 is 23.4 Å². The van der Waals surface area contributed by atoms with Crippen molar-refractivity contribution in [3.05, 3.63) is 40.4 Å². The van der Waals surface area contributed by atoms with Gasteiger partial charge in [0.25, 0.3) is 5.22 Å². The normalized spacial score (nSPS) is 10.6. The predicted molar refractivity (Wildman–Crippen MR) is 66.9 cm³/mol. The molecule has 0 aliphatic heterocycles. The van der Waals surface area contributed by atoms with Crippen LogP contribution in [0.1, 0.15) is 11.4 Å². The third-order valence-corrected chi connectivity index (χ3v) is 3.24. The summed E-state index contributed by atoms with van der Waals surface area (Å²) in [5.41, 5.74) is 0.350. The van der Waals surface area contributed by atoms with Gasteiger partial charge in [-0.3, -0.25) is 4.79 Å². The molecular formula is C11H8ClFN2O3S. The van der Waals surface area contributed by atoms with Gasteiger partial charge in [-0.25, -0.2) is 4.39 Å². The number of halogens is 2. The molecule has 0 bridgehead atoms. The molecule has 1 heterocycles. The molecule has 0 fully saturated rings. The van der Waals surface area contributed by atoms with Crippen LogP contribution in [0.2, 0.25) is 5.02 Å². The highest BCUT2D eigenvalue weighted by Gasteiger charge is 2.12. The summed E-state index contributed by atoms with van der Waals surface area (Å²) in [6.07, 6.45) is 0.128. The molecule has 0 spiro atoms. The number of carboxylic acids is 1. The van der Waals surface area contributed by atoms with Crippen LogP contribution in [0, 0.1) is 5.82 Å². The van der Waals surface area contributed by atoms with Gasteiger partial charge < -0.3 is 9.63 Å². The molecule has 2 aromatic rings. The lowest BCUT2D eigenvalue weighted by Gasteiger charge is -2.00. The van der Waals surface area contributed by atoms with Crippen molar-refractivity contribution >= 4 is 29.3 Å². The average Bonchev–Trinajstić information content (AvgIpc) is 2.80. The predicted octanol–water partition coefficient (Wildman–Crippen LogP) is 2.63. The zero-order valence-electron chi connectivity index (χ0n) is 9.47. The van der Waals surface area contributed by atoms with Gasteiger partial charge in [-0.15, -0.1) is 0 Å². The van der Waals surface area contributed by atoms with Crippen LogP contribution in [0.5, 0.6) is 0 Å². The van der Waals surface area contributed by atoms with Crippen LogP contribution in [-0.2, 0) is 11.2 Å². The monoisotopic (exact) mass is 302 g/mol. The topological polar surface area (TPSA) is 76.2 Å². The second-order valence-electron chi connectivity index (χ2n) is 3.55. The highest BCUT2D eigenvalue weighted by molar-refractivity contribution is 7.99. The molecule has 1 N–H and O–H groups in total. The molecule has 2 rings (SSSR count). The Morgan fingerprint density at radius 2 is 2.32 bits per heavy atom. The lowest BCUT2D eigenvalue weighted by molar-refractivity contribution is -0.133. The second-order valence-corrected chi connectivity index (χ2v) is 4.88. The Hall–Kier alpha value is -1.60. The minimum Gasteiger partial charge on any atom is -0.481 e. The quantitative estimate of drug-likeness (QED) is 0.856. The van der Waals surface area contributed by atoms with Gasteiger partial charge in [0.2, 0.25) is 0 Å². The van der Waals surface area contributed by atoms with Gasteiger partial charge in [0, 0.05) is 6.42 Å². The summed E-state index contributed by atoms with van der Waals surface area (Å²) in [6.45, 7) is 0.